The Balaban J connectivity index is 1.44. The predicted molar refractivity (Wildman–Crippen MR) is 128 cm³/mol. The van der Waals surface area contributed by atoms with Crippen molar-refractivity contribution in [3.63, 3.8) is 0 Å². The van der Waals surface area contributed by atoms with E-state index in [0.29, 0.717) is 6.42 Å². The van der Waals surface area contributed by atoms with Gasteiger partial charge in [-0.3, -0.25) is 14.4 Å². The van der Waals surface area contributed by atoms with Gasteiger partial charge in [0.25, 0.3) is 0 Å². The third kappa shape index (κ3) is 4.71. The second kappa shape index (κ2) is 9.77. The third-order valence-electron chi connectivity index (χ3n) is 6.76. The molecule has 1 heterocycles. The largest absolute Gasteiger partial charge is 0.481 e. The van der Waals surface area contributed by atoms with Crippen LogP contribution in [-0.2, 0) is 19.1 Å². The smallest absolute Gasteiger partial charge is 0.408 e. The highest BCUT2D eigenvalue weighted by Gasteiger charge is 2.44. The van der Waals surface area contributed by atoms with E-state index in [-0.39, 0.29) is 25.5 Å². The molecule has 35 heavy (non-hydrogen) atoms. The molecule has 4 rings (SSSR count). The minimum Gasteiger partial charge on any atom is -0.481 e. The SMILES string of the molecule is CCCC(C)(NC(=O)OCC1c2ccccc2-c2ccccc21)C(=O)NC1C(=O)NCC1C(=O)O. The van der Waals surface area contributed by atoms with E-state index in [2.05, 4.69) is 16.0 Å². The van der Waals surface area contributed by atoms with Crippen molar-refractivity contribution < 1.29 is 29.0 Å². The van der Waals surface area contributed by atoms with Gasteiger partial charge in [-0.1, -0.05) is 61.9 Å². The molecule has 2 aromatic rings. The van der Waals surface area contributed by atoms with Gasteiger partial charge in [0.15, 0.2) is 0 Å². The zero-order chi connectivity index (χ0) is 25.2. The van der Waals surface area contributed by atoms with Crippen LogP contribution in [0.5, 0.6) is 0 Å². The Labute approximate surface area is 203 Å². The summed E-state index contributed by atoms with van der Waals surface area (Å²) in [7, 11) is 0. The molecule has 0 radical (unpaired) electrons. The summed E-state index contributed by atoms with van der Waals surface area (Å²) in [5.74, 6) is -3.59. The summed E-state index contributed by atoms with van der Waals surface area (Å²) in [6.45, 7) is 3.42. The van der Waals surface area contributed by atoms with Crippen LogP contribution in [0.4, 0.5) is 4.79 Å². The Hall–Kier alpha value is -3.88. The number of nitrogens with one attached hydrogen (secondary N) is 3. The van der Waals surface area contributed by atoms with Gasteiger partial charge in [-0.25, -0.2) is 4.79 Å². The lowest BCUT2D eigenvalue weighted by Crippen LogP contribution is -2.60. The summed E-state index contributed by atoms with van der Waals surface area (Å²) in [4.78, 5) is 49.4. The molecule has 3 amide bonds. The summed E-state index contributed by atoms with van der Waals surface area (Å²) in [6.07, 6.45) is 0.0747. The highest BCUT2D eigenvalue weighted by atomic mass is 16.5. The lowest BCUT2D eigenvalue weighted by Gasteiger charge is -2.30. The number of alkyl carbamates (subject to hydrolysis) is 1. The van der Waals surface area contributed by atoms with E-state index in [9.17, 15) is 24.3 Å². The summed E-state index contributed by atoms with van der Waals surface area (Å²) in [6, 6.07) is 14.7. The van der Waals surface area contributed by atoms with Crippen molar-refractivity contribution in [3.05, 3.63) is 59.7 Å². The number of ether oxygens (including phenoxy) is 1. The molecule has 1 aliphatic carbocycles. The first-order valence-electron chi connectivity index (χ1n) is 11.7. The third-order valence-corrected chi connectivity index (χ3v) is 6.76. The zero-order valence-electron chi connectivity index (χ0n) is 19.7. The first-order valence-corrected chi connectivity index (χ1v) is 11.7. The number of hydrogen-bond donors (Lipinski definition) is 4. The molecule has 9 nitrogen and oxygen atoms in total. The van der Waals surface area contributed by atoms with Crippen LogP contribution >= 0.6 is 0 Å². The maximum atomic E-state index is 13.1. The van der Waals surface area contributed by atoms with Crippen LogP contribution in [0, 0.1) is 5.92 Å². The van der Waals surface area contributed by atoms with Crippen molar-refractivity contribution >= 4 is 23.9 Å². The van der Waals surface area contributed by atoms with E-state index in [1.807, 2.05) is 55.5 Å². The number of hydrogen-bond acceptors (Lipinski definition) is 5. The van der Waals surface area contributed by atoms with E-state index < -0.39 is 41.4 Å². The molecule has 2 aromatic carbocycles. The standard InChI is InChI=1S/C26H29N3O6/c1-3-12-26(2,24(33)28-21-19(23(31)32)13-27-22(21)30)29-25(34)35-14-20-17-10-6-4-8-15(17)16-9-5-7-11-18(16)20/h4-11,19-21H,3,12-14H2,1-2H3,(H,27,30)(H,28,33)(H,29,34)(H,31,32). The Morgan fingerprint density at radius 3 is 2.26 bits per heavy atom. The summed E-state index contributed by atoms with van der Waals surface area (Å²) < 4.78 is 5.58. The van der Waals surface area contributed by atoms with Gasteiger partial charge >= 0.3 is 12.1 Å². The van der Waals surface area contributed by atoms with Crippen LogP contribution < -0.4 is 16.0 Å². The number of carboxylic acid groups (broad SMARTS) is 1. The van der Waals surface area contributed by atoms with Gasteiger partial charge in [-0.05, 0) is 35.6 Å². The van der Waals surface area contributed by atoms with Gasteiger partial charge in [0, 0.05) is 12.5 Å². The minimum atomic E-state index is -1.39. The van der Waals surface area contributed by atoms with Crippen LogP contribution in [0.15, 0.2) is 48.5 Å². The predicted octanol–water partition coefficient (Wildman–Crippen LogP) is 2.40. The van der Waals surface area contributed by atoms with E-state index in [1.54, 1.807) is 0 Å². The summed E-state index contributed by atoms with van der Waals surface area (Å²) in [5.41, 5.74) is 2.97. The molecular weight excluding hydrogens is 450 g/mol. The molecular formula is C26H29N3O6. The molecule has 4 N–H and O–H groups in total. The van der Waals surface area contributed by atoms with Crippen LogP contribution in [0.3, 0.4) is 0 Å². The molecule has 1 aliphatic heterocycles. The molecule has 1 saturated heterocycles. The van der Waals surface area contributed by atoms with Gasteiger partial charge in [-0.2, -0.15) is 0 Å². The lowest BCUT2D eigenvalue weighted by molar-refractivity contribution is -0.143. The number of carboxylic acids is 1. The zero-order valence-corrected chi connectivity index (χ0v) is 19.7. The Bertz CT molecular complexity index is 1120. The summed E-state index contributed by atoms with van der Waals surface area (Å²) in [5, 5.41) is 17.0. The van der Waals surface area contributed by atoms with E-state index in [1.165, 1.54) is 6.92 Å². The minimum absolute atomic E-state index is 0.0661. The van der Waals surface area contributed by atoms with Gasteiger partial charge in [0.05, 0.1) is 0 Å². The number of carbonyl (C=O) groups is 4. The molecule has 0 aromatic heterocycles. The fourth-order valence-corrected chi connectivity index (χ4v) is 4.91. The molecule has 2 aliphatic rings. The van der Waals surface area contributed by atoms with E-state index in [0.717, 1.165) is 22.3 Å². The number of fused-ring (bicyclic) bond motifs is 3. The van der Waals surface area contributed by atoms with Crippen molar-refractivity contribution in [2.45, 2.75) is 44.2 Å². The summed E-state index contributed by atoms with van der Waals surface area (Å²) >= 11 is 0. The van der Waals surface area contributed by atoms with Crippen LogP contribution in [-0.4, -0.2) is 53.7 Å². The van der Waals surface area contributed by atoms with Gasteiger partial charge in [-0.15, -0.1) is 0 Å². The van der Waals surface area contributed by atoms with Crippen LogP contribution in [0.2, 0.25) is 0 Å². The average Bonchev–Trinajstić information content (AvgIpc) is 3.35. The number of aliphatic carboxylic acids is 1. The number of benzene rings is 2. The molecule has 0 spiro atoms. The van der Waals surface area contributed by atoms with E-state index >= 15 is 0 Å². The fraction of sp³-hybridized carbons (Fsp3) is 0.385. The van der Waals surface area contributed by atoms with Crippen molar-refractivity contribution in [2.24, 2.45) is 5.92 Å². The lowest BCUT2D eigenvalue weighted by atomic mass is 9.93. The number of rotatable bonds is 8. The normalized spacial score (nSPS) is 20.2. The topological polar surface area (TPSA) is 134 Å². The van der Waals surface area contributed by atoms with Crippen molar-refractivity contribution in [2.75, 3.05) is 13.2 Å². The Morgan fingerprint density at radius 2 is 1.69 bits per heavy atom. The van der Waals surface area contributed by atoms with Crippen molar-refractivity contribution in [1.29, 1.82) is 0 Å². The molecule has 1 fully saturated rings. The molecule has 0 saturated carbocycles. The molecule has 3 atom stereocenters. The van der Waals surface area contributed by atoms with Gasteiger partial charge < -0.3 is 25.8 Å². The second-order valence-electron chi connectivity index (χ2n) is 9.17. The first-order chi connectivity index (χ1) is 16.7. The van der Waals surface area contributed by atoms with Crippen molar-refractivity contribution in [1.82, 2.24) is 16.0 Å². The van der Waals surface area contributed by atoms with Crippen molar-refractivity contribution in [3.8, 4) is 11.1 Å². The van der Waals surface area contributed by atoms with Gasteiger partial charge in [0.2, 0.25) is 11.8 Å². The maximum Gasteiger partial charge on any atom is 0.408 e. The van der Waals surface area contributed by atoms with Gasteiger partial charge in [0.1, 0.15) is 24.1 Å². The number of amides is 3. The first kappa shape index (κ1) is 24.3. The maximum absolute atomic E-state index is 13.1. The highest BCUT2D eigenvalue weighted by molar-refractivity contribution is 5.97. The number of carbonyl (C=O) groups excluding carboxylic acids is 3. The van der Waals surface area contributed by atoms with Crippen LogP contribution in [0.1, 0.15) is 43.7 Å². The van der Waals surface area contributed by atoms with E-state index in [4.69, 9.17) is 4.74 Å². The molecule has 0 bridgehead atoms. The highest BCUT2D eigenvalue weighted by Crippen LogP contribution is 2.44. The quantitative estimate of drug-likeness (QED) is 0.459. The fourth-order valence-electron chi connectivity index (χ4n) is 4.91. The monoisotopic (exact) mass is 479 g/mol. The molecule has 9 heteroatoms. The second-order valence-corrected chi connectivity index (χ2v) is 9.17. The Kier molecular flexibility index (Phi) is 6.77. The average molecular weight is 480 g/mol. The molecule has 184 valence electrons. The van der Waals surface area contributed by atoms with Crippen LogP contribution in [0.25, 0.3) is 11.1 Å². The molecule has 3 unspecified atom stereocenters. The Morgan fingerprint density at radius 1 is 1.09 bits per heavy atom.